The molecule has 0 bridgehead atoms. The molecule has 2 atom stereocenters. The molecule has 1 aliphatic heterocycles. The first kappa shape index (κ1) is 14.4. The summed E-state index contributed by atoms with van der Waals surface area (Å²) in [5, 5.41) is 3.29. The number of nitrogens with one attached hydrogen (secondary N) is 1. The monoisotopic (exact) mass is 254 g/mol. The molecule has 6 heteroatoms. The molecule has 1 aliphatic rings. The molecule has 0 saturated carbocycles. The van der Waals surface area contributed by atoms with E-state index in [4.69, 9.17) is 10.2 Å². The molecule has 0 amide bonds. The number of esters is 1. The molecular formula is C12H18N2O4. The summed E-state index contributed by atoms with van der Waals surface area (Å²) in [7, 11) is 1.15. The Kier molecular flexibility index (Phi) is 6.10. The molecule has 0 radical (unpaired) electrons. The van der Waals surface area contributed by atoms with Crippen LogP contribution in [0.1, 0.15) is 12.2 Å². The molecule has 1 aromatic rings. The first-order valence-electron chi connectivity index (χ1n) is 5.71. The minimum Gasteiger partial charge on any atom is -0.469 e. The number of hydrogen-bond acceptors (Lipinski definition) is 6. The summed E-state index contributed by atoms with van der Waals surface area (Å²) in [4.78, 5) is 18.9. The van der Waals surface area contributed by atoms with Crippen LogP contribution in [0.4, 0.5) is 0 Å². The van der Waals surface area contributed by atoms with Crippen molar-refractivity contribution in [1.82, 2.24) is 5.32 Å². The van der Waals surface area contributed by atoms with E-state index in [1.54, 1.807) is 6.26 Å². The Balaban J connectivity index is 0.000000232. The van der Waals surface area contributed by atoms with Crippen LogP contribution in [0.2, 0.25) is 0 Å². The van der Waals surface area contributed by atoms with Gasteiger partial charge in [-0.2, -0.15) is 0 Å². The van der Waals surface area contributed by atoms with E-state index in [1.807, 2.05) is 12.1 Å². The second-order valence-corrected chi connectivity index (χ2v) is 3.94. The maximum absolute atomic E-state index is 9.59. The highest BCUT2D eigenvalue weighted by molar-refractivity contribution is 6.20. The van der Waals surface area contributed by atoms with E-state index >= 15 is 0 Å². The van der Waals surface area contributed by atoms with Gasteiger partial charge in [0, 0.05) is 25.0 Å². The minimum absolute atomic E-state index is 0.111. The van der Waals surface area contributed by atoms with Crippen LogP contribution in [0.15, 0.2) is 22.8 Å². The Morgan fingerprint density at radius 3 is 2.83 bits per heavy atom. The molecular weight excluding hydrogens is 236 g/mol. The zero-order valence-corrected chi connectivity index (χ0v) is 10.3. The van der Waals surface area contributed by atoms with Gasteiger partial charge in [0.25, 0.3) is 0 Å². The minimum atomic E-state index is -0.838. The van der Waals surface area contributed by atoms with Gasteiger partial charge in [-0.3, -0.25) is 4.79 Å². The van der Waals surface area contributed by atoms with Crippen molar-refractivity contribution in [3.8, 4) is 0 Å². The lowest BCUT2D eigenvalue weighted by molar-refractivity contribution is -0.146. The zero-order chi connectivity index (χ0) is 13.4. The summed E-state index contributed by atoms with van der Waals surface area (Å²) in [6.45, 7) is 0.961. The molecule has 0 aliphatic carbocycles. The maximum Gasteiger partial charge on any atom is 0.371 e. The number of carbonyl (C=O) groups excluding carboxylic acids is 2. The number of ether oxygens (including phenoxy) is 1. The van der Waals surface area contributed by atoms with E-state index in [1.165, 1.54) is 0 Å². The molecule has 100 valence electrons. The Bertz CT molecular complexity index is 364. The van der Waals surface area contributed by atoms with Crippen LogP contribution < -0.4 is 11.1 Å². The third-order valence-corrected chi connectivity index (χ3v) is 2.71. The maximum atomic E-state index is 9.59. The topological polar surface area (TPSA) is 94.6 Å². The number of aldehydes is 1. The number of nitrogens with two attached hydrogens (primary N) is 1. The molecule has 0 aromatic carbocycles. The van der Waals surface area contributed by atoms with E-state index in [9.17, 15) is 9.59 Å². The third-order valence-electron chi connectivity index (χ3n) is 2.71. The number of carbonyl (C=O) groups is 2. The smallest absolute Gasteiger partial charge is 0.371 e. The van der Waals surface area contributed by atoms with Crippen molar-refractivity contribution < 1.29 is 18.7 Å². The predicted octanol–water partition coefficient (Wildman–Crippen LogP) is -0.130. The highest BCUT2D eigenvalue weighted by Gasteiger charge is 2.25. The lowest BCUT2D eigenvalue weighted by Gasteiger charge is -2.35. The van der Waals surface area contributed by atoms with Crippen LogP contribution >= 0.6 is 0 Å². The second-order valence-electron chi connectivity index (χ2n) is 3.94. The van der Waals surface area contributed by atoms with Crippen molar-refractivity contribution in [3.05, 3.63) is 24.2 Å². The molecule has 6 nitrogen and oxygen atoms in total. The molecule has 2 heterocycles. The summed E-state index contributed by atoms with van der Waals surface area (Å²) in [5.41, 5.74) is 5.77. The molecule has 2 rings (SSSR count). The Hall–Kier alpha value is -1.66. The molecule has 2 unspecified atom stereocenters. The fourth-order valence-electron chi connectivity index (χ4n) is 1.54. The van der Waals surface area contributed by atoms with E-state index in [-0.39, 0.29) is 6.29 Å². The highest BCUT2D eigenvalue weighted by Crippen LogP contribution is 2.11. The van der Waals surface area contributed by atoms with Gasteiger partial charge in [-0.05, 0) is 18.6 Å². The van der Waals surface area contributed by atoms with Crippen molar-refractivity contribution in [3.63, 3.8) is 0 Å². The molecule has 1 saturated heterocycles. The number of aryl methyl sites for hydroxylation is 1. The van der Waals surface area contributed by atoms with Gasteiger partial charge < -0.3 is 20.2 Å². The van der Waals surface area contributed by atoms with Gasteiger partial charge in [0.2, 0.25) is 6.29 Å². The fourth-order valence-corrected chi connectivity index (χ4v) is 1.54. The normalized spacial score (nSPS) is 21.2. The Morgan fingerprint density at radius 1 is 1.72 bits per heavy atom. The van der Waals surface area contributed by atoms with Gasteiger partial charge in [-0.1, -0.05) is 0 Å². The van der Waals surface area contributed by atoms with E-state index < -0.39 is 5.97 Å². The zero-order valence-electron chi connectivity index (χ0n) is 10.3. The Morgan fingerprint density at radius 2 is 2.50 bits per heavy atom. The van der Waals surface area contributed by atoms with Crippen LogP contribution in [0, 0.1) is 0 Å². The highest BCUT2D eigenvalue weighted by atomic mass is 16.5. The average molecular weight is 254 g/mol. The summed E-state index contributed by atoms with van der Waals surface area (Å²) in [6.07, 6.45) is 3.89. The molecule has 0 spiro atoms. The summed E-state index contributed by atoms with van der Waals surface area (Å²) in [6, 6.07) is 4.77. The average Bonchev–Trinajstić information content (AvgIpc) is 2.90. The summed E-state index contributed by atoms with van der Waals surface area (Å²) >= 11 is 0. The Labute approximate surface area is 105 Å². The predicted molar refractivity (Wildman–Crippen MR) is 64.9 cm³/mol. The van der Waals surface area contributed by atoms with Gasteiger partial charge in [-0.15, -0.1) is 0 Å². The van der Waals surface area contributed by atoms with E-state index in [2.05, 4.69) is 10.1 Å². The molecule has 1 aromatic heterocycles. The van der Waals surface area contributed by atoms with Crippen LogP contribution in [0.3, 0.4) is 0 Å². The van der Waals surface area contributed by atoms with E-state index in [0.717, 1.165) is 32.3 Å². The number of rotatable bonds is 4. The fraction of sp³-hybridized carbons (Fsp3) is 0.500. The quantitative estimate of drug-likeness (QED) is 0.441. The summed E-state index contributed by atoms with van der Waals surface area (Å²) in [5.74, 6) is 0.214. The van der Waals surface area contributed by atoms with Gasteiger partial charge in [0.1, 0.15) is 5.76 Å². The van der Waals surface area contributed by atoms with Crippen molar-refractivity contribution >= 4 is 12.3 Å². The van der Waals surface area contributed by atoms with Crippen molar-refractivity contribution in [2.45, 2.75) is 24.9 Å². The van der Waals surface area contributed by atoms with Crippen molar-refractivity contribution in [1.29, 1.82) is 0 Å². The van der Waals surface area contributed by atoms with Crippen LogP contribution in [0.5, 0.6) is 0 Å². The van der Waals surface area contributed by atoms with Gasteiger partial charge in [0.15, 0.2) is 0 Å². The number of hydrogen-bond donors (Lipinski definition) is 2. The third kappa shape index (κ3) is 4.68. The van der Waals surface area contributed by atoms with Crippen LogP contribution in [0.25, 0.3) is 0 Å². The van der Waals surface area contributed by atoms with Gasteiger partial charge in [0.05, 0.1) is 13.4 Å². The van der Waals surface area contributed by atoms with Crippen LogP contribution in [-0.2, 0) is 20.7 Å². The first-order valence-corrected chi connectivity index (χ1v) is 5.71. The van der Waals surface area contributed by atoms with Crippen LogP contribution in [-0.4, -0.2) is 38.0 Å². The standard InChI is InChI=1S/C9H14N2O.C3H4O3/c10-8-6-11-9(8)4-3-7-2-1-5-12-7;1-6-3(5)2-4/h1-2,5,8-9,11H,3-4,6,10H2;2H,1H3. The lowest BCUT2D eigenvalue weighted by atomic mass is 9.96. The molecule has 18 heavy (non-hydrogen) atoms. The number of furan rings is 1. The molecule has 3 N–H and O–H groups in total. The SMILES string of the molecule is COC(=O)C=O.NC1CNC1CCc1ccco1. The number of methoxy groups -OCH3 is 1. The molecule has 1 fully saturated rings. The second kappa shape index (κ2) is 7.62. The van der Waals surface area contributed by atoms with Crippen molar-refractivity contribution in [2.24, 2.45) is 5.73 Å². The first-order chi connectivity index (χ1) is 8.67. The van der Waals surface area contributed by atoms with Gasteiger partial charge >= 0.3 is 5.97 Å². The lowest BCUT2D eigenvalue weighted by Crippen LogP contribution is -2.61. The van der Waals surface area contributed by atoms with Crippen molar-refractivity contribution in [2.75, 3.05) is 13.7 Å². The summed E-state index contributed by atoms with van der Waals surface area (Å²) < 4.78 is 9.11. The largest absolute Gasteiger partial charge is 0.469 e. The van der Waals surface area contributed by atoms with E-state index in [0.29, 0.717) is 12.1 Å². The van der Waals surface area contributed by atoms with Gasteiger partial charge in [-0.25, -0.2) is 4.79 Å².